The Morgan fingerprint density at radius 1 is 0.214 bits per heavy atom. The molecule has 2 N–H and O–H groups in total. The second kappa shape index (κ2) is 15.7. The lowest BCUT2D eigenvalue weighted by Gasteiger charge is -2.46. The van der Waals surface area contributed by atoms with Gasteiger partial charge in [-0.2, -0.15) is 0 Å². The van der Waals surface area contributed by atoms with Crippen molar-refractivity contribution in [1.29, 1.82) is 0 Å². The van der Waals surface area contributed by atoms with E-state index in [1.54, 1.807) is 0 Å². The topological polar surface area (TPSA) is 64.7 Å². The largest absolute Gasteiger partial charge is 0.360 e. The van der Waals surface area contributed by atoms with Crippen LogP contribution in [0.1, 0.15) is 178 Å². The first-order valence-corrected chi connectivity index (χ1v) is 30.7. The van der Waals surface area contributed by atoms with Crippen molar-refractivity contribution in [3.63, 3.8) is 0 Å². The van der Waals surface area contributed by atoms with Crippen LogP contribution >= 0.6 is 0 Å². The van der Waals surface area contributed by atoms with Crippen LogP contribution in [0.5, 0.6) is 0 Å². The number of anilines is 4. The van der Waals surface area contributed by atoms with E-state index in [4.69, 9.17) is 0 Å². The maximum Gasteiger partial charge on any atom is 0.261 e. The number of benzene rings is 12. The third-order valence-electron chi connectivity index (χ3n) is 24.6. The molecule has 0 saturated heterocycles. The Labute approximate surface area is 493 Å². The Morgan fingerprint density at radius 3 is 0.726 bits per heavy atom. The summed E-state index contributed by atoms with van der Waals surface area (Å²) in [5.41, 5.74) is 38.2. The van der Waals surface area contributed by atoms with Crippen molar-refractivity contribution in [1.82, 2.24) is 0 Å². The summed E-state index contributed by atoms with van der Waals surface area (Å²) in [5.74, 6) is 0.153. The van der Waals surface area contributed by atoms with Gasteiger partial charge in [0.05, 0.1) is 22.5 Å². The third kappa shape index (κ3) is 5.18. The molecule has 2 atom stereocenters. The number of nitrogens with zero attached hydrogens (tertiary/aromatic N) is 2. The second-order valence-electron chi connectivity index (χ2n) is 27.2. The van der Waals surface area contributed by atoms with Crippen LogP contribution in [0.25, 0.3) is 97.0 Å². The number of hydrogen-bond acceptors (Lipinski definition) is 4. The number of carbonyl (C=O) groups excluding carboxylic acids is 2. The molecule has 2 unspecified atom stereocenters. The van der Waals surface area contributed by atoms with E-state index in [0.29, 0.717) is 0 Å². The molecular weight excluding hydrogens is 1020 g/mol. The van der Waals surface area contributed by atoms with Gasteiger partial charge in [0.2, 0.25) is 0 Å². The molecule has 12 aromatic rings. The van der Waals surface area contributed by atoms with Gasteiger partial charge in [-0.05, 0) is 375 Å². The van der Waals surface area contributed by atoms with Crippen LogP contribution < -0.4 is 20.4 Å². The van der Waals surface area contributed by atoms with E-state index in [1.165, 1.54) is 220 Å². The van der Waals surface area contributed by atoms with Crippen molar-refractivity contribution in [3.8, 4) is 0 Å². The minimum absolute atomic E-state index is 0.0765. The molecule has 12 aromatic carbocycles. The molecule has 0 radical (unpaired) electrons. The second-order valence-corrected chi connectivity index (χ2v) is 27.2. The van der Waals surface area contributed by atoms with E-state index in [9.17, 15) is 0 Å². The van der Waals surface area contributed by atoms with Crippen molar-refractivity contribution >= 4 is 132 Å². The lowest BCUT2D eigenvalue weighted by Crippen LogP contribution is -2.45. The summed E-state index contributed by atoms with van der Waals surface area (Å²) in [5, 5.41) is 30.8. The quantitative estimate of drug-likeness (QED) is 0.117. The molecule has 0 aromatic heterocycles. The molecule has 0 fully saturated rings. The molecule has 0 bridgehead atoms. The summed E-state index contributed by atoms with van der Waals surface area (Å²) >= 11 is 0. The van der Waals surface area contributed by atoms with E-state index in [2.05, 4.69) is 187 Å². The molecule has 84 heavy (non-hydrogen) atoms. The van der Waals surface area contributed by atoms with Crippen LogP contribution in [0.2, 0.25) is 0 Å². The van der Waals surface area contributed by atoms with Crippen LogP contribution in [0.4, 0.5) is 22.7 Å². The summed E-state index contributed by atoms with van der Waals surface area (Å²) in [4.78, 5) is 37.0. The van der Waals surface area contributed by atoms with E-state index in [-0.39, 0.29) is 11.8 Å². The number of amides is 2. The molecule has 6 nitrogen and oxygen atoms in total. The molecule has 0 saturated carbocycles. The zero-order chi connectivity index (χ0) is 59.7. The first kappa shape index (κ1) is 51.7. The zero-order valence-electron chi connectivity index (χ0n) is 53.9. The van der Waals surface area contributed by atoms with Crippen LogP contribution in [-0.4, -0.2) is 11.8 Å². The fourth-order valence-electron chi connectivity index (χ4n) is 18.6. The Kier molecular flexibility index (Phi) is 9.64. The molecule has 4 aliphatic heterocycles. The molecule has 6 heteroatoms. The number of fused-ring (bicyclic) bond motifs is 10. The van der Waals surface area contributed by atoms with Crippen LogP contribution in [0.3, 0.4) is 0 Å². The summed E-state index contributed by atoms with van der Waals surface area (Å²) in [7, 11) is 0. The van der Waals surface area contributed by atoms with Gasteiger partial charge in [0.1, 0.15) is 12.3 Å². The monoisotopic (exact) mass is 1100 g/mol. The standard InChI is InChI=1S/C78H76N4O2/c1-25-29(5)49-31(7)27(3)47(23)73-69(49)71(45(25)21)79-75-59-41(17)37(13)55-51-33(9)36(12)54-58-40(16)44(20)62-68-60(76-80-72-46(22)26(2)30(6)50-32(8)28(4)48(24)74(70(50)72)82(76)78(62)84)42(18)38(14)56(66(58)68)52-34(10)35(11)53(63(51)64(52)54)57-39(15)43(19)61(67(59)65(55)57)77(83)81(73)75/h75-76,79-80H,1-24H3. The van der Waals surface area contributed by atoms with Crippen LogP contribution in [0.15, 0.2) is 0 Å². The molecule has 0 spiro atoms. The minimum Gasteiger partial charge on any atom is -0.360 e. The zero-order valence-corrected chi connectivity index (χ0v) is 53.9. The fraction of sp³-hybridized carbons (Fsp3) is 0.333. The van der Waals surface area contributed by atoms with Gasteiger partial charge < -0.3 is 10.6 Å². The molecular formula is C78H76N4O2. The molecule has 16 rings (SSSR count). The summed E-state index contributed by atoms with van der Waals surface area (Å²) in [6, 6.07) is 0. The van der Waals surface area contributed by atoms with Gasteiger partial charge in [0, 0.05) is 44.0 Å². The molecule has 2 amide bonds. The number of hydrogen-bond donors (Lipinski definition) is 2. The van der Waals surface area contributed by atoms with Gasteiger partial charge in [0.25, 0.3) is 11.8 Å². The summed E-state index contributed by atoms with van der Waals surface area (Å²) < 4.78 is 0. The van der Waals surface area contributed by atoms with E-state index in [1.807, 2.05) is 0 Å². The van der Waals surface area contributed by atoms with Crippen molar-refractivity contribution in [3.05, 3.63) is 156 Å². The molecule has 4 heterocycles. The van der Waals surface area contributed by atoms with E-state index >= 15 is 9.59 Å². The third-order valence-corrected chi connectivity index (χ3v) is 24.6. The van der Waals surface area contributed by atoms with Gasteiger partial charge in [-0.3, -0.25) is 19.4 Å². The highest BCUT2D eigenvalue weighted by Crippen LogP contribution is 2.62. The minimum atomic E-state index is -0.399. The highest BCUT2D eigenvalue weighted by Gasteiger charge is 2.48. The SMILES string of the molecule is Cc1c(C)c2c3c(c(C)c(C)c(C)c3c1C)N1C(=O)c3c(C)c(C)c4c5c(C)c(C)c6c7c(C)c(C)c8c9c(c(C)c(C)c(c%10c(C)c(C)c(c%11c(C)c(C)c(c3c4%11)C1N2)c5c%106)c97)C(=O)N1c2c(C)c(C)c(C)c3c(C)c(C)c(C)c(c23)NC81. The smallest absolute Gasteiger partial charge is 0.261 e. The van der Waals surface area contributed by atoms with E-state index < -0.39 is 12.3 Å². The predicted molar refractivity (Wildman–Crippen MR) is 359 cm³/mol. The number of nitrogens with one attached hydrogen (secondary N) is 2. The molecule has 420 valence electrons. The lowest BCUT2D eigenvalue weighted by atomic mass is 9.71. The number of rotatable bonds is 0. The van der Waals surface area contributed by atoms with Gasteiger partial charge in [-0.25, -0.2) is 0 Å². The van der Waals surface area contributed by atoms with E-state index in [0.717, 1.165) is 55.8 Å². The first-order valence-electron chi connectivity index (χ1n) is 30.7. The lowest BCUT2D eigenvalue weighted by molar-refractivity contribution is 0.0968. The van der Waals surface area contributed by atoms with Gasteiger partial charge >= 0.3 is 0 Å². The number of aryl methyl sites for hydroxylation is 12. The van der Waals surface area contributed by atoms with Crippen molar-refractivity contribution in [2.24, 2.45) is 0 Å². The van der Waals surface area contributed by atoms with Crippen molar-refractivity contribution in [2.45, 2.75) is 179 Å². The Bertz CT molecular complexity index is 5010. The highest BCUT2D eigenvalue weighted by atomic mass is 16.2. The normalized spacial score (nSPS) is 16.3. The van der Waals surface area contributed by atoms with Crippen molar-refractivity contribution in [2.75, 3.05) is 20.4 Å². The van der Waals surface area contributed by atoms with Gasteiger partial charge in [0.15, 0.2) is 0 Å². The fourth-order valence-corrected chi connectivity index (χ4v) is 18.6. The average Bonchev–Trinajstić information content (AvgIpc) is 0.679. The summed E-state index contributed by atoms with van der Waals surface area (Å²) in [6.45, 7) is 55.0. The van der Waals surface area contributed by atoms with Gasteiger partial charge in [-0.15, -0.1) is 0 Å². The Balaban J connectivity index is 1.06. The van der Waals surface area contributed by atoms with Crippen molar-refractivity contribution < 1.29 is 9.59 Å². The number of carbonyl (C=O) groups is 2. The Morgan fingerprint density at radius 2 is 0.440 bits per heavy atom. The maximum atomic E-state index is 16.3. The Hall–Kier alpha value is -7.96. The predicted octanol–water partition coefficient (Wildman–Crippen LogP) is 20.5. The summed E-state index contributed by atoms with van der Waals surface area (Å²) in [6.07, 6.45) is -0.797. The molecule has 4 aliphatic rings. The van der Waals surface area contributed by atoms with Gasteiger partial charge in [-0.1, -0.05) is 0 Å². The van der Waals surface area contributed by atoms with Crippen LogP contribution in [0, 0.1) is 166 Å². The maximum absolute atomic E-state index is 16.3. The molecule has 0 aliphatic carbocycles. The average molecular weight is 1100 g/mol. The highest BCUT2D eigenvalue weighted by molar-refractivity contribution is 6.48. The first-order chi connectivity index (χ1) is 39.6. The van der Waals surface area contributed by atoms with Crippen LogP contribution in [-0.2, 0) is 0 Å².